The van der Waals surface area contributed by atoms with Gasteiger partial charge in [-0.05, 0) is 41.9 Å². The van der Waals surface area contributed by atoms with Crippen LogP contribution >= 0.6 is 0 Å². The van der Waals surface area contributed by atoms with Gasteiger partial charge in [0.15, 0.2) is 0 Å². The molecule has 0 saturated heterocycles. The molecule has 1 N–H and O–H groups in total. The number of hydrogen-bond donors (Lipinski definition) is 1. The summed E-state index contributed by atoms with van der Waals surface area (Å²) in [7, 11) is 0. The summed E-state index contributed by atoms with van der Waals surface area (Å²) in [6.45, 7) is 9.12. The average molecular weight is 230 g/mol. The van der Waals surface area contributed by atoms with Crippen molar-refractivity contribution in [3.05, 3.63) is 29.8 Å². The summed E-state index contributed by atoms with van der Waals surface area (Å²) in [5, 5.41) is 9.18. The molecule has 0 heterocycles. The number of benzene rings is 1. The van der Waals surface area contributed by atoms with E-state index in [0.717, 1.165) is 6.42 Å². The fourth-order valence-electron chi connectivity index (χ4n) is 2.15. The van der Waals surface area contributed by atoms with Gasteiger partial charge in [-0.1, -0.05) is 39.8 Å². The van der Waals surface area contributed by atoms with Crippen LogP contribution in [0.15, 0.2) is 24.3 Å². The Morgan fingerprint density at radius 3 is 2.12 bits per heavy atom. The Kier molecular flexibility index (Phi) is 6.69. The van der Waals surface area contributed by atoms with Gasteiger partial charge in [-0.2, -0.15) is 0 Å². The largest absolute Gasteiger partial charge is 1.00 e. The minimum atomic E-state index is 0. The Morgan fingerprint density at radius 1 is 1.19 bits per heavy atom. The van der Waals surface area contributed by atoms with Crippen molar-refractivity contribution >= 4 is 0 Å². The summed E-state index contributed by atoms with van der Waals surface area (Å²) in [4.78, 5) is 0. The molecule has 0 aliphatic rings. The molecule has 1 aromatic carbocycles. The molecule has 0 aliphatic heterocycles. The molecule has 0 saturated carbocycles. The van der Waals surface area contributed by atoms with E-state index in [1.807, 2.05) is 12.1 Å². The second kappa shape index (κ2) is 6.68. The van der Waals surface area contributed by atoms with Crippen LogP contribution < -0.4 is 29.6 Å². The Hall–Kier alpha value is 0.0200. The molecule has 0 aromatic heterocycles. The predicted octanol–water partition coefficient (Wildman–Crippen LogP) is 1.12. The van der Waals surface area contributed by atoms with E-state index in [2.05, 4.69) is 27.7 Å². The minimum absolute atomic E-state index is 0. The molecule has 0 radical (unpaired) electrons. The molecule has 16 heavy (non-hydrogen) atoms. The second-order valence-electron chi connectivity index (χ2n) is 5.74. The van der Waals surface area contributed by atoms with Gasteiger partial charge in [0.1, 0.15) is 5.75 Å². The van der Waals surface area contributed by atoms with E-state index in [1.54, 1.807) is 12.1 Å². The van der Waals surface area contributed by atoms with Crippen molar-refractivity contribution in [2.45, 2.75) is 40.5 Å². The molecule has 0 bridgehead atoms. The Labute approximate surface area is 123 Å². The average Bonchev–Trinajstić information content (AvgIpc) is 2.05. The van der Waals surface area contributed by atoms with Crippen LogP contribution in [0.25, 0.3) is 0 Å². The van der Waals surface area contributed by atoms with Crippen molar-refractivity contribution in [2.24, 2.45) is 11.3 Å². The summed E-state index contributed by atoms with van der Waals surface area (Å²) >= 11 is 0. The maximum atomic E-state index is 9.18. The van der Waals surface area contributed by atoms with Crippen LogP contribution in [0.3, 0.4) is 0 Å². The molecular weight excluding hydrogens is 207 g/mol. The van der Waals surface area contributed by atoms with Crippen LogP contribution in [0, 0.1) is 11.3 Å². The van der Waals surface area contributed by atoms with Crippen molar-refractivity contribution in [2.75, 3.05) is 0 Å². The normalized spacial score (nSPS) is 13.0. The first kappa shape index (κ1) is 16.0. The van der Waals surface area contributed by atoms with Crippen LogP contribution in [-0.2, 0) is 6.42 Å². The first-order valence-electron chi connectivity index (χ1n) is 5.65. The molecular formula is C14H23NaO. The number of phenols is 1. The third kappa shape index (κ3) is 6.57. The number of aromatic hydroxyl groups is 1. The van der Waals surface area contributed by atoms with E-state index in [0.29, 0.717) is 17.1 Å². The van der Waals surface area contributed by atoms with Gasteiger partial charge < -0.3 is 6.53 Å². The maximum absolute atomic E-state index is 9.18. The van der Waals surface area contributed by atoms with Gasteiger partial charge in [0.2, 0.25) is 0 Å². The smallest absolute Gasteiger partial charge is 1.00 e. The van der Waals surface area contributed by atoms with Gasteiger partial charge in [0, 0.05) is 0 Å². The van der Waals surface area contributed by atoms with Gasteiger partial charge in [0.25, 0.3) is 0 Å². The molecule has 0 amide bonds. The van der Waals surface area contributed by atoms with Crippen LogP contribution in [0.5, 0.6) is 5.75 Å². The van der Waals surface area contributed by atoms with Gasteiger partial charge in [-0.25, -0.2) is 0 Å². The summed E-state index contributed by atoms with van der Waals surface area (Å²) in [5.41, 5.74) is 1.71. The molecule has 1 aromatic rings. The third-order valence-electron chi connectivity index (χ3n) is 2.48. The van der Waals surface area contributed by atoms with Gasteiger partial charge in [-0.15, -0.1) is 0 Å². The summed E-state index contributed by atoms with van der Waals surface area (Å²) in [6, 6.07) is 7.54. The predicted molar refractivity (Wildman–Crippen MR) is 66.2 cm³/mol. The maximum Gasteiger partial charge on any atom is 1.00 e. The molecule has 0 fully saturated rings. The van der Waals surface area contributed by atoms with E-state index in [9.17, 15) is 5.11 Å². The van der Waals surface area contributed by atoms with E-state index < -0.39 is 0 Å². The summed E-state index contributed by atoms with van der Waals surface area (Å²) < 4.78 is 0. The summed E-state index contributed by atoms with van der Waals surface area (Å²) in [5.74, 6) is 1.04. The van der Waals surface area contributed by atoms with Crippen molar-refractivity contribution < 1.29 is 36.1 Å². The van der Waals surface area contributed by atoms with Crippen LogP contribution in [0.2, 0.25) is 0 Å². The Balaban J connectivity index is 0. The van der Waals surface area contributed by atoms with Gasteiger partial charge >= 0.3 is 29.6 Å². The number of hydrogen-bond acceptors (Lipinski definition) is 1. The number of rotatable bonds is 3. The molecule has 0 aliphatic carbocycles. The molecule has 1 nitrogen and oxygen atoms in total. The minimum Gasteiger partial charge on any atom is -1.00 e. The van der Waals surface area contributed by atoms with E-state index in [1.165, 1.54) is 12.0 Å². The van der Waals surface area contributed by atoms with Crippen LogP contribution in [0.1, 0.15) is 41.1 Å². The van der Waals surface area contributed by atoms with E-state index in [-0.39, 0.29) is 31.0 Å². The van der Waals surface area contributed by atoms with Crippen molar-refractivity contribution in [1.82, 2.24) is 0 Å². The zero-order valence-corrected chi connectivity index (χ0v) is 13.2. The molecule has 86 valence electrons. The van der Waals surface area contributed by atoms with Crippen LogP contribution in [0.4, 0.5) is 0 Å². The zero-order valence-electron chi connectivity index (χ0n) is 12.2. The molecule has 2 heteroatoms. The quantitative estimate of drug-likeness (QED) is 0.772. The first-order chi connectivity index (χ1) is 6.87. The fraction of sp³-hybridized carbons (Fsp3) is 0.571. The summed E-state index contributed by atoms with van der Waals surface area (Å²) in [6.07, 6.45) is 2.32. The van der Waals surface area contributed by atoms with E-state index in [4.69, 9.17) is 0 Å². The third-order valence-corrected chi connectivity index (χ3v) is 2.48. The number of phenolic OH excluding ortho intramolecular Hbond substituents is 1. The standard InChI is InChI=1S/C14H22O.Na.H/c1-11(10-14(2,3)4)9-12-5-7-13(15)8-6-12;;/h5-8,11,15H,9-10H2,1-4H3;;/q;+1;-1. The molecule has 1 unspecified atom stereocenters. The van der Waals surface area contributed by atoms with Gasteiger partial charge in [0.05, 0.1) is 0 Å². The molecule has 1 rings (SSSR count). The SMILES string of the molecule is CC(Cc1ccc(O)cc1)CC(C)(C)C.[H-].[Na+]. The van der Waals surface area contributed by atoms with Gasteiger partial charge in [-0.3, -0.25) is 0 Å². The van der Waals surface area contributed by atoms with Crippen LogP contribution in [-0.4, -0.2) is 5.11 Å². The molecule has 0 spiro atoms. The fourth-order valence-corrected chi connectivity index (χ4v) is 2.15. The monoisotopic (exact) mass is 230 g/mol. The Morgan fingerprint density at radius 2 is 1.69 bits per heavy atom. The van der Waals surface area contributed by atoms with Crippen molar-refractivity contribution in [3.63, 3.8) is 0 Å². The van der Waals surface area contributed by atoms with Crippen molar-refractivity contribution in [3.8, 4) is 5.75 Å². The molecule has 1 atom stereocenters. The first-order valence-corrected chi connectivity index (χ1v) is 5.65. The second-order valence-corrected chi connectivity index (χ2v) is 5.74. The topological polar surface area (TPSA) is 20.2 Å². The zero-order chi connectivity index (χ0) is 11.5. The van der Waals surface area contributed by atoms with Crippen molar-refractivity contribution in [1.29, 1.82) is 0 Å². The van der Waals surface area contributed by atoms with E-state index >= 15 is 0 Å². The Bertz CT molecular complexity index is 303.